The fourth-order valence-corrected chi connectivity index (χ4v) is 3.31. The lowest BCUT2D eigenvalue weighted by atomic mass is 9.84. The van der Waals surface area contributed by atoms with Crippen LogP contribution in [0.1, 0.15) is 34.0 Å². The third kappa shape index (κ3) is 2.31. The molecule has 2 heteroatoms. The topological polar surface area (TPSA) is 26.3 Å². The highest BCUT2D eigenvalue weighted by Crippen LogP contribution is 2.44. The Kier molecular flexibility index (Phi) is 3.46. The third-order valence-electron chi connectivity index (χ3n) is 4.50. The van der Waals surface area contributed by atoms with Crippen LogP contribution in [0.15, 0.2) is 72.0 Å². The molecule has 1 atom stereocenters. The van der Waals surface area contributed by atoms with Crippen LogP contribution in [-0.4, -0.2) is 6.29 Å². The number of ether oxygens (including phenoxy) is 1. The van der Waals surface area contributed by atoms with Crippen molar-refractivity contribution >= 4 is 11.9 Å². The molecule has 0 bridgehead atoms. The molecule has 0 N–H and O–H groups in total. The summed E-state index contributed by atoms with van der Waals surface area (Å²) in [6.45, 7) is 4.19. The monoisotopic (exact) mass is 314 g/mol. The standard InChI is InChI=1S/C22H18O2/c1-14-7-9-18-20(11-14)24-21-12-15(2)8-10-19(21)22(18)17-6-4-3-5-16(17)13-23/h3-14H,1-2H3. The van der Waals surface area contributed by atoms with Gasteiger partial charge in [0, 0.05) is 22.3 Å². The van der Waals surface area contributed by atoms with E-state index >= 15 is 0 Å². The number of aldehydes is 1. The van der Waals surface area contributed by atoms with Gasteiger partial charge in [0.2, 0.25) is 0 Å². The van der Waals surface area contributed by atoms with Gasteiger partial charge in [-0.3, -0.25) is 4.79 Å². The summed E-state index contributed by atoms with van der Waals surface area (Å²) in [5, 5.41) is 0. The quantitative estimate of drug-likeness (QED) is 0.722. The molecule has 0 saturated heterocycles. The van der Waals surface area contributed by atoms with Crippen LogP contribution >= 0.6 is 0 Å². The van der Waals surface area contributed by atoms with E-state index in [1.807, 2.05) is 24.3 Å². The summed E-state index contributed by atoms with van der Waals surface area (Å²) in [4.78, 5) is 11.6. The van der Waals surface area contributed by atoms with Gasteiger partial charge in [0.25, 0.3) is 0 Å². The maximum Gasteiger partial charge on any atom is 0.150 e. The smallest absolute Gasteiger partial charge is 0.150 e. The van der Waals surface area contributed by atoms with Crippen molar-refractivity contribution < 1.29 is 9.53 Å². The van der Waals surface area contributed by atoms with Crippen LogP contribution in [0.5, 0.6) is 5.75 Å². The fraction of sp³-hybridized carbons (Fsp3) is 0.136. The Balaban J connectivity index is 2.05. The maximum atomic E-state index is 11.6. The molecule has 0 saturated carbocycles. The van der Waals surface area contributed by atoms with E-state index in [0.717, 1.165) is 45.6 Å². The van der Waals surface area contributed by atoms with Crippen molar-refractivity contribution in [2.24, 2.45) is 5.92 Å². The number of allylic oxidation sites excluding steroid dienone is 3. The first-order valence-corrected chi connectivity index (χ1v) is 8.15. The van der Waals surface area contributed by atoms with Crippen LogP contribution in [0.3, 0.4) is 0 Å². The normalized spacial score (nSPS) is 18.4. The first-order valence-electron chi connectivity index (χ1n) is 8.15. The first kappa shape index (κ1) is 14.7. The maximum absolute atomic E-state index is 11.6. The zero-order valence-electron chi connectivity index (χ0n) is 13.7. The SMILES string of the molecule is Cc1ccc2c(c1)OC1=CC(C)C=CC1=C2c1ccccc1C=O. The molecule has 2 aromatic carbocycles. The van der Waals surface area contributed by atoms with Gasteiger partial charge in [-0.05, 0) is 36.1 Å². The zero-order chi connectivity index (χ0) is 16.7. The zero-order valence-corrected chi connectivity index (χ0v) is 13.7. The van der Waals surface area contributed by atoms with Gasteiger partial charge in [0.1, 0.15) is 11.5 Å². The number of hydrogen-bond acceptors (Lipinski definition) is 2. The molecular formula is C22H18O2. The molecule has 1 heterocycles. The first-order chi connectivity index (χ1) is 11.7. The lowest BCUT2D eigenvalue weighted by Gasteiger charge is -2.28. The molecule has 118 valence electrons. The predicted molar refractivity (Wildman–Crippen MR) is 96.0 cm³/mol. The molecule has 24 heavy (non-hydrogen) atoms. The molecule has 0 spiro atoms. The summed E-state index contributed by atoms with van der Waals surface area (Å²) in [5.41, 5.74) is 5.93. The Hall–Kier alpha value is -2.87. The van der Waals surface area contributed by atoms with Gasteiger partial charge in [-0.1, -0.05) is 55.5 Å². The van der Waals surface area contributed by atoms with Gasteiger partial charge in [0.05, 0.1) is 0 Å². The lowest BCUT2D eigenvalue weighted by Crippen LogP contribution is -2.14. The molecule has 4 rings (SSSR count). The number of hydrogen-bond donors (Lipinski definition) is 0. The second-order valence-electron chi connectivity index (χ2n) is 6.34. The molecular weight excluding hydrogens is 296 g/mol. The molecule has 0 aromatic heterocycles. The second-order valence-corrected chi connectivity index (χ2v) is 6.34. The summed E-state index contributed by atoms with van der Waals surface area (Å²) in [6, 6.07) is 13.9. The Morgan fingerprint density at radius 1 is 1.08 bits per heavy atom. The number of aryl methyl sites for hydroxylation is 1. The van der Waals surface area contributed by atoms with Gasteiger partial charge in [-0.25, -0.2) is 0 Å². The largest absolute Gasteiger partial charge is 0.456 e. The summed E-state index contributed by atoms with van der Waals surface area (Å²) in [6.07, 6.45) is 7.32. The van der Waals surface area contributed by atoms with Gasteiger partial charge >= 0.3 is 0 Å². The molecule has 0 amide bonds. The van der Waals surface area contributed by atoms with E-state index in [2.05, 4.69) is 50.3 Å². The highest BCUT2D eigenvalue weighted by Gasteiger charge is 2.27. The number of carbonyl (C=O) groups excluding carboxylic acids is 1. The number of fused-ring (bicyclic) bond motifs is 2. The van der Waals surface area contributed by atoms with Crippen molar-refractivity contribution in [2.45, 2.75) is 13.8 Å². The van der Waals surface area contributed by atoms with Crippen LogP contribution in [0.2, 0.25) is 0 Å². The average molecular weight is 314 g/mol. The van der Waals surface area contributed by atoms with Crippen LogP contribution in [0.4, 0.5) is 0 Å². The van der Waals surface area contributed by atoms with Crippen LogP contribution in [0.25, 0.3) is 5.57 Å². The Morgan fingerprint density at radius 2 is 1.92 bits per heavy atom. The molecule has 1 unspecified atom stereocenters. The predicted octanol–water partition coefficient (Wildman–Crippen LogP) is 5.09. The summed E-state index contributed by atoms with van der Waals surface area (Å²) in [5.74, 6) is 2.06. The van der Waals surface area contributed by atoms with Crippen LogP contribution in [0, 0.1) is 12.8 Å². The molecule has 2 aromatic rings. The van der Waals surface area contributed by atoms with E-state index in [1.165, 1.54) is 0 Å². The molecule has 2 nitrogen and oxygen atoms in total. The van der Waals surface area contributed by atoms with Gasteiger partial charge in [0.15, 0.2) is 6.29 Å². The van der Waals surface area contributed by atoms with Crippen LogP contribution < -0.4 is 4.74 Å². The van der Waals surface area contributed by atoms with Crippen molar-refractivity contribution in [1.82, 2.24) is 0 Å². The van der Waals surface area contributed by atoms with Gasteiger partial charge < -0.3 is 4.74 Å². The summed E-state index contributed by atoms with van der Waals surface area (Å²) in [7, 11) is 0. The van der Waals surface area contributed by atoms with Crippen molar-refractivity contribution in [1.29, 1.82) is 0 Å². The van der Waals surface area contributed by atoms with Gasteiger partial charge in [-0.2, -0.15) is 0 Å². The minimum absolute atomic E-state index is 0.331. The molecule has 1 aliphatic carbocycles. The van der Waals surface area contributed by atoms with Crippen molar-refractivity contribution in [3.05, 3.63) is 94.3 Å². The highest BCUT2D eigenvalue weighted by atomic mass is 16.5. The minimum atomic E-state index is 0.331. The Morgan fingerprint density at radius 3 is 2.75 bits per heavy atom. The van der Waals surface area contributed by atoms with E-state index in [4.69, 9.17) is 4.74 Å². The van der Waals surface area contributed by atoms with E-state index in [9.17, 15) is 4.79 Å². The average Bonchev–Trinajstić information content (AvgIpc) is 2.59. The van der Waals surface area contributed by atoms with E-state index in [1.54, 1.807) is 0 Å². The fourth-order valence-electron chi connectivity index (χ4n) is 3.31. The second kappa shape index (κ2) is 5.64. The van der Waals surface area contributed by atoms with Crippen LogP contribution in [-0.2, 0) is 0 Å². The lowest BCUT2D eigenvalue weighted by molar-refractivity contribution is 0.112. The van der Waals surface area contributed by atoms with E-state index in [0.29, 0.717) is 11.5 Å². The third-order valence-corrected chi connectivity index (χ3v) is 4.50. The highest BCUT2D eigenvalue weighted by molar-refractivity contribution is 5.96. The van der Waals surface area contributed by atoms with E-state index in [-0.39, 0.29) is 0 Å². The molecule has 0 radical (unpaired) electrons. The summed E-state index contributed by atoms with van der Waals surface area (Å²) < 4.78 is 6.18. The molecule has 1 aliphatic heterocycles. The number of rotatable bonds is 2. The molecule has 0 fully saturated rings. The van der Waals surface area contributed by atoms with Gasteiger partial charge in [-0.15, -0.1) is 0 Å². The van der Waals surface area contributed by atoms with Crippen molar-refractivity contribution in [3.63, 3.8) is 0 Å². The number of carbonyl (C=O) groups is 1. The summed E-state index contributed by atoms with van der Waals surface area (Å²) >= 11 is 0. The van der Waals surface area contributed by atoms with Crippen molar-refractivity contribution in [3.8, 4) is 5.75 Å². The Bertz CT molecular complexity index is 929. The van der Waals surface area contributed by atoms with E-state index < -0.39 is 0 Å². The number of benzene rings is 2. The van der Waals surface area contributed by atoms with Crippen molar-refractivity contribution in [2.75, 3.05) is 0 Å². The Labute approximate surface area is 141 Å². The minimum Gasteiger partial charge on any atom is -0.456 e. The molecule has 2 aliphatic rings.